The number of nitrogens with zero attached hydrogens (tertiary/aromatic N) is 3. The fourth-order valence-electron chi connectivity index (χ4n) is 1.87. The Bertz CT molecular complexity index is 479. The van der Waals surface area contributed by atoms with Gasteiger partial charge in [-0.15, -0.1) is 16.4 Å². The zero-order valence-electron chi connectivity index (χ0n) is 8.67. The molecule has 2 aromatic heterocycles. The van der Waals surface area contributed by atoms with Gasteiger partial charge in [-0.25, -0.2) is 4.68 Å². The van der Waals surface area contributed by atoms with E-state index in [0.717, 1.165) is 17.9 Å². The zero-order chi connectivity index (χ0) is 11.0. The van der Waals surface area contributed by atoms with Crippen molar-refractivity contribution in [1.29, 1.82) is 0 Å². The van der Waals surface area contributed by atoms with Gasteiger partial charge in [0.2, 0.25) is 0 Å². The van der Waals surface area contributed by atoms with Gasteiger partial charge in [-0.3, -0.25) is 0 Å². The van der Waals surface area contributed by atoms with Crippen LogP contribution >= 0.6 is 11.3 Å². The number of ether oxygens (including phenoxy) is 1. The van der Waals surface area contributed by atoms with Gasteiger partial charge in [0, 0.05) is 11.4 Å². The molecule has 0 radical (unpaired) electrons. The lowest BCUT2D eigenvalue weighted by Crippen LogP contribution is -2.22. The summed E-state index contributed by atoms with van der Waals surface area (Å²) < 4.78 is 7.70. The van der Waals surface area contributed by atoms with Crippen molar-refractivity contribution in [3.63, 3.8) is 0 Å². The molecule has 2 aromatic rings. The van der Waals surface area contributed by atoms with Crippen LogP contribution in [0.1, 0.15) is 22.4 Å². The maximum atomic E-state index is 5.80. The second-order valence-corrected chi connectivity index (χ2v) is 4.66. The zero-order valence-corrected chi connectivity index (χ0v) is 9.48. The molecule has 6 heteroatoms. The maximum absolute atomic E-state index is 5.80. The molecule has 0 saturated heterocycles. The van der Waals surface area contributed by atoms with Gasteiger partial charge in [-0.1, -0.05) is 11.3 Å². The van der Waals surface area contributed by atoms with Crippen LogP contribution in [0.5, 0.6) is 0 Å². The van der Waals surface area contributed by atoms with Crippen molar-refractivity contribution < 1.29 is 4.74 Å². The third kappa shape index (κ3) is 1.55. The molecule has 0 fully saturated rings. The molecule has 3 heterocycles. The molecule has 1 aliphatic heterocycles. The fraction of sp³-hybridized carbons (Fsp3) is 0.400. The third-order valence-corrected chi connectivity index (χ3v) is 3.70. The minimum Gasteiger partial charge on any atom is -0.364 e. The van der Waals surface area contributed by atoms with Crippen molar-refractivity contribution in [1.82, 2.24) is 15.0 Å². The van der Waals surface area contributed by atoms with E-state index >= 15 is 0 Å². The van der Waals surface area contributed by atoms with Crippen LogP contribution in [0.15, 0.2) is 17.5 Å². The van der Waals surface area contributed by atoms with Crippen LogP contribution < -0.4 is 5.73 Å². The van der Waals surface area contributed by atoms with Gasteiger partial charge in [-0.2, -0.15) is 0 Å². The average molecular weight is 236 g/mol. The smallest absolute Gasteiger partial charge is 0.112 e. The molecule has 5 nitrogen and oxygen atoms in total. The highest BCUT2D eigenvalue weighted by molar-refractivity contribution is 7.10. The third-order valence-electron chi connectivity index (χ3n) is 2.73. The van der Waals surface area contributed by atoms with E-state index in [4.69, 9.17) is 10.5 Å². The van der Waals surface area contributed by atoms with Crippen LogP contribution in [0.25, 0.3) is 0 Å². The Labute approximate surface area is 96.8 Å². The van der Waals surface area contributed by atoms with E-state index in [1.807, 2.05) is 10.7 Å². The van der Waals surface area contributed by atoms with Crippen molar-refractivity contribution in [3.8, 4) is 0 Å². The minimum absolute atomic E-state index is 0.0971. The lowest BCUT2D eigenvalue weighted by molar-refractivity contribution is 0.000394. The van der Waals surface area contributed by atoms with Crippen molar-refractivity contribution in [2.75, 3.05) is 0 Å². The Morgan fingerprint density at radius 1 is 1.62 bits per heavy atom. The number of hydrogen-bond acceptors (Lipinski definition) is 5. The van der Waals surface area contributed by atoms with Crippen LogP contribution in [-0.2, 0) is 24.4 Å². The fourth-order valence-corrected chi connectivity index (χ4v) is 2.63. The average Bonchev–Trinajstić information content (AvgIpc) is 2.97. The van der Waals surface area contributed by atoms with Crippen LogP contribution in [0.2, 0.25) is 0 Å². The van der Waals surface area contributed by atoms with Gasteiger partial charge in [0.15, 0.2) is 0 Å². The number of hydrogen-bond donors (Lipinski definition) is 1. The molecule has 1 aliphatic rings. The molecule has 3 rings (SSSR count). The molecule has 0 bridgehead atoms. The number of thiophene rings is 1. The normalized spacial score (nSPS) is 19.7. The predicted molar refractivity (Wildman–Crippen MR) is 59.8 cm³/mol. The van der Waals surface area contributed by atoms with Gasteiger partial charge in [0.05, 0.1) is 18.8 Å². The number of aromatic nitrogens is 3. The van der Waals surface area contributed by atoms with Crippen molar-refractivity contribution in [2.45, 2.75) is 25.8 Å². The molecule has 0 saturated carbocycles. The van der Waals surface area contributed by atoms with E-state index in [-0.39, 0.29) is 6.10 Å². The first-order valence-electron chi connectivity index (χ1n) is 5.15. The van der Waals surface area contributed by atoms with Gasteiger partial charge in [0.1, 0.15) is 11.8 Å². The first-order valence-corrected chi connectivity index (χ1v) is 6.02. The summed E-state index contributed by atoms with van der Waals surface area (Å²) in [5.74, 6) is 0. The van der Waals surface area contributed by atoms with E-state index in [2.05, 4.69) is 21.8 Å². The summed E-state index contributed by atoms with van der Waals surface area (Å²) in [7, 11) is 0. The monoisotopic (exact) mass is 236 g/mol. The summed E-state index contributed by atoms with van der Waals surface area (Å²) in [4.78, 5) is 1.23. The summed E-state index contributed by atoms with van der Waals surface area (Å²) in [5.41, 5.74) is 7.43. The largest absolute Gasteiger partial charge is 0.364 e. The minimum atomic E-state index is 0.0971. The quantitative estimate of drug-likeness (QED) is 0.847. The molecule has 0 unspecified atom stereocenters. The number of rotatable bonds is 2. The predicted octanol–water partition coefficient (Wildman–Crippen LogP) is 1.07. The highest BCUT2D eigenvalue weighted by Gasteiger charge is 2.24. The summed E-state index contributed by atoms with van der Waals surface area (Å²) in [6, 6.07) is 4.12. The Hall–Kier alpha value is -1.24. The van der Waals surface area contributed by atoms with Crippen molar-refractivity contribution >= 4 is 11.3 Å². The summed E-state index contributed by atoms with van der Waals surface area (Å²) in [6.45, 7) is 1.69. The molecule has 1 atom stereocenters. The molecule has 0 aliphatic carbocycles. The summed E-state index contributed by atoms with van der Waals surface area (Å²) in [5, 5.41) is 10.2. The highest BCUT2D eigenvalue weighted by Crippen LogP contribution is 2.29. The number of fused-ring (bicyclic) bond motifs is 1. The van der Waals surface area contributed by atoms with Crippen LogP contribution in [0, 0.1) is 0 Å². The maximum Gasteiger partial charge on any atom is 0.112 e. The molecule has 0 spiro atoms. The van der Waals surface area contributed by atoms with Crippen molar-refractivity contribution in [2.24, 2.45) is 5.73 Å². The first-order chi connectivity index (χ1) is 7.88. The SMILES string of the molecule is NCc1nnn2c1CO[C@@H](c1cccs1)C2. The number of nitrogens with two attached hydrogens (primary N) is 1. The van der Waals surface area contributed by atoms with Gasteiger partial charge >= 0.3 is 0 Å². The van der Waals surface area contributed by atoms with Gasteiger partial charge < -0.3 is 10.5 Å². The van der Waals surface area contributed by atoms with Crippen LogP contribution in [0.3, 0.4) is 0 Å². The Balaban J connectivity index is 1.87. The van der Waals surface area contributed by atoms with Gasteiger partial charge in [0.25, 0.3) is 0 Å². The highest BCUT2D eigenvalue weighted by atomic mass is 32.1. The second-order valence-electron chi connectivity index (χ2n) is 3.68. The lowest BCUT2D eigenvalue weighted by Gasteiger charge is -2.23. The van der Waals surface area contributed by atoms with Crippen LogP contribution in [0.4, 0.5) is 0 Å². The summed E-state index contributed by atoms with van der Waals surface area (Å²) in [6.07, 6.45) is 0.0971. The Kier molecular flexibility index (Phi) is 2.47. The molecule has 84 valence electrons. The van der Waals surface area contributed by atoms with E-state index in [1.165, 1.54) is 4.88 Å². The lowest BCUT2D eigenvalue weighted by atomic mass is 10.2. The van der Waals surface area contributed by atoms with Crippen molar-refractivity contribution in [3.05, 3.63) is 33.8 Å². The van der Waals surface area contributed by atoms with Gasteiger partial charge in [-0.05, 0) is 11.4 Å². The Morgan fingerprint density at radius 2 is 2.56 bits per heavy atom. The van der Waals surface area contributed by atoms with Crippen LogP contribution in [-0.4, -0.2) is 15.0 Å². The summed E-state index contributed by atoms with van der Waals surface area (Å²) >= 11 is 1.71. The second kappa shape index (κ2) is 3.97. The van der Waals surface area contributed by atoms with E-state index in [9.17, 15) is 0 Å². The van der Waals surface area contributed by atoms with E-state index in [0.29, 0.717) is 13.2 Å². The standard InChI is InChI=1S/C10H12N4OS/c11-4-7-8-6-15-9(5-14(8)13-12-7)10-2-1-3-16-10/h1-3,9H,4-6,11H2/t9-/m1/s1. The molecular formula is C10H12N4OS. The molecule has 0 aromatic carbocycles. The molecule has 16 heavy (non-hydrogen) atoms. The van der Waals surface area contributed by atoms with E-state index < -0.39 is 0 Å². The molecular weight excluding hydrogens is 224 g/mol. The molecule has 0 amide bonds. The topological polar surface area (TPSA) is 66.0 Å². The first kappa shape index (κ1) is 9.95. The molecule has 2 N–H and O–H groups in total. The van der Waals surface area contributed by atoms with E-state index in [1.54, 1.807) is 11.3 Å². The Morgan fingerprint density at radius 3 is 3.31 bits per heavy atom.